The summed E-state index contributed by atoms with van der Waals surface area (Å²) < 4.78 is 0. The Hall–Kier alpha value is -0.0800. The van der Waals surface area contributed by atoms with Crippen molar-refractivity contribution in [3.05, 3.63) is 0 Å². The Kier molecular flexibility index (Phi) is 4.71. The van der Waals surface area contributed by atoms with Gasteiger partial charge < -0.3 is 5.11 Å². The lowest BCUT2D eigenvalue weighted by molar-refractivity contribution is -0.0280. The van der Waals surface area contributed by atoms with Gasteiger partial charge in [0.1, 0.15) is 0 Å². The van der Waals surface area contributed by atoms with Gasteiger partial charge >= 0.3 is 0 Å². The van der Waals surface area contributed by atoms with Gasteiger partial charge in [-0.3, -0.25) is 4.90 Å². The second-order valence-corrected chi connectivity index (χ2v) is 7.34. The van der Waals surface area contributed by atoms with Crippen LogP contribution in [0.2, 0.25) is 0 Å². The van der Waals surface area contributed by atoms with E-state index in [0.29, 0.717) is 11.5 Å². The standard InChI is InChI=1S/C16H31NO/c1-4-6-13-7-8-15(18)14(11-13)17-10-5-9-16(2,3)12-17/h13-15,18H,4-12H2,1-3H3. The molecule has 1 aliphatic heterocycles. The van der Waals surface area contributed by atoms with Crippen molar-refractivity contribution in [2.75, 3.05) is 13.1 Å². The maximum atomic E-state index is 10.3. The molecule has 1 saturated heterocycles. The van der Waals surface area contributed by atoms with Gasteiger partial charge in [-0.15, -0.1) is 0 Å². The van der Waals surface area contributed by atoms with Crippen molar-refractivity contribution < 1.29 is 5.11 Å². The lowest BCUT2D eigenvalue weighted by Gasteiger charge is -2.46. The van der Waals surface area contributed by atoms with Crippen molar-refractivity contribution in [1.82, 2.24) is 4.90 Å². The van der Waals surface area contributed by atoms with E-state index in [0.717, 1.165) is 12.3 Å². The van der Waals surface area contributed by atoms with Crippen LogP contribution in [0.5, 0.6) is 0 Å². The lowest BCUT2D eigenvalue weighted by atomic mass is 9.78. The Bertz CT molecular complexity index is 264. The largest absolute Gasteiger partial charge is 0.391 e. The van der Waals surface area contributed by atoms with E-state index in [9.17, 15) is 5.11 Å². The molecule has 106 valence electrons. The van der Waals surface area contributed by atoms with E-state index >= 15 is 0 Å². The SMILES string of the molecule is CCCC1CCC(O)C(N2CCCC(C)(C)C2)C1. The maximum absolute atomic E-state index is 10.3. The van der Waals surface area contributed by atoms with E-state index in [4.69, 9.17) is 0 Å². The highest BCUT2D eigenvalue weighted by molar-refractivity contribution is 4.91. The normalized spacial score (nSPS) is 37.7. The summed E-state index contributed by atoms with van der Waals surface area (Å²) in [4.78, 5) is 2.59. The molecule has 2 fully saturated rings. The minimum atomic E-state index is -0.0768. The van der Waals surface area contributed by atoms with Gasteiger partial charge in [0.2, 0.25) is 0 Å². The summed E-state index contributed by atoms with van der Waals surface area (Å²) in [5.74, 6) is 0.855. The van der Waals surface area contributed by atoms with Gasteiger partial charge in [-0.2, -0.15) is 0 Å². The molecular weight excluding hydrogens is 222 g/mol. The average Bonchev–Trinajstić information content (AvgIpc) is 2.30. The first-order valence-corrected chi connectivity index (χ1v) is 7.94. The Morgan fingerprint density at radius 3 is 2.72 bits per heavy atom. The summed E-state index contributed by atoms with van der Waals surface area (Å²) in [6.07, 6.45) is 8.69. The molecule has 1 aliphatic carbocycles. The number of aliphatic hydroxyl groups is 1. The molecule has 1 saturated carbocycles. The molecule has 2 nitrogen and oxygen atoms in total. The van der Waals surface area contributed by atoms with Crippen LogP contribution in [0.3, 0.4) is 0 Å². The van der Waals surface area contributed by atoms with Crippen LogP contribution in [-0.4, -0.2) is 35.2 Å². The highest BCUT2D eigenvalue weighted by Gasteiger charge is 2.37. The molecule has 2 aliphatic rings. The molecule has 0 aromatic carbocycles. The van der Waals surface area contributed by atoms with E-state index in [1.165, 1.54) is 51.6 Å². The van der Waals surface area contributed by atoms with E-state index in [1.54, 1.807) is 0 Å². The molecule has 3 unspecified atom stereocenters. The molecule has 1 N–H and O–H groups in total. The van der Waals surface area contributed by atoms with Crippen LogP contribution in [0.15, 0.2) is 0 Å². The number of hydrogen-bond donors (Lipinski definition) is 1. The van der Waals surface area contributed by atoms with Crippen LogP contribution >= 0.6 is 0 Å². The topological polar surface area (TPSA) is 23.5 Å². The van der Waals surface area contributed by atoms with Crippen molar-refractivity contribution in [1.29, 1.82) is 0 Å². The highest BCUT2D eigenvalue weighted by Crippen LogP contribution is 2.36. The van der Waals surface area contributed by atoms with Crippen LogP contribution in [0, 0.1) is 11.3 Å². The molecule has 3 atom stereocenters. The van der Waals surface area contributed by atoms with Crippen LogP contribution < -0.4 is 0 Å². The molecule has 18 heavy (non-hydrogen) atoms. The molecule has 0 amide bonds. The Balaban J connectivity index is 1.96. The minimum absolute atomic E-state index is 0.0768. The second kappa shape index (κ2) is 5.92. The molecule has 0 aromatic rings. The fourth-order valence-electron chi connectivity index (χ4n) is 4.03. The van der Waals surface area contributed by atoms with Gasteiger partial charge in [0, 0.05) is 12.6 Å². The lowest BCUT2D eigenvalue weighted by Crippen LogP contribution is -2.52. The summed E-state index contributed by atoms with van der Waals surface area (Å²) in [7, 11) is 0. The number of hydrogen-bond acceptors (Lipinski definition) is 2. The van der Waals surface area contributed by atoms with E-state index < -0.39 is 0 Å². The summed E-state index contributed by atoms with van der Waals surface area (Å²) in [5, 5.41) is 10.3. The first kappa shape index (κ1) is 14.3. The Labute approximate surface area is 113 Å². The highest BCUT2D eigenvalue weighted by atomic mass is 16.3. The average molecular weight is 253 g/mol. The van der Waals surface area contributed by atoms with E-state index in [1.807, 2.05) is 0 Å². The molecule has 1 heterocycles. The molecule has 2 rings (SSSR count). The van der Waals surface area contributed by atoms with Gasteiger partial charge in [-0.05, 0) is 50.0 Å². The first-order chi connectivity index (χ1) is 8.52. The summed E-state index contributed by atoms with van der Waals surface area (Å²) in [5.41, 5.74) is 0.440. The third kappa shape index (κ3) is 3.48. The number of aliphatic hydroxyl groups excluding tert-OH is 1. The number of likely N-dealkylation sites (tertiary alicyclic amines) is 1. The van der Waals surface area contributed by atoms with Crippen LogP contribution in [0.4, 0.5) is 0 Å². The smallest absolute Gasteiger partial charge is 0.0695 e. The van der Waals surface area contributed by atoms with Crippen molar-refractivity contribution in [2.24, 2.45) is 11.3 Å². The molecule has 0 aromatic heterocycles. The predicted molar refractivity (Wildman–Crippen MR) is 76.6 cm³/mol. The van der Waals surface area contributed by atoms with Gasteiger partial charge in [0.05, 0.1) is 6.10 Å². The third-order valence-corrected chi connectivity index (χ3v) is 4.99. The van der Waals surface area contributed by atoms with Gasteiger partial charge in [-0.25, -0.2) is 0 Å². The molecule has 2 heteroatoms. The fourth-order valence-corrected chi connectivity index (χ4v) is 4.03. The molecule has 0 spiro atoms. The van der Waals surface area contributed by atoms with Crippen LogP contribution in [0.25, 0.3) is 0 Å². The monoisotopic (exact) mass is 253 g/mol. The van der Waals surface area contributed by atoms with E-state index in [-0.39, 0.29) is 6.10 Å². The fraction of sp³-hybridized carbons (Fsp3) is 1.00. The predicted octanol–water partition coefficient (Wildman–Crippen LogP) is 3.44. The number of rotatable bonds is 3. The maximum Gasteiger partial charge on any atom is 0.0695 e. The third-order valence-electron chi connectivity index (χ3n) is 4.99. The first-order valence-electron chi connectivity index (χ1n) is 7.94. The number of piperidine rings is 1. The quantitative estimate of drug-likeness (QED) is 0.833. The second-order valence-electron chi connectivity index (χ2n) is 7.34. The Morgan fingerprint density at radius 2 is 2.06 bits per heavy atom. The molecule has 0 bridgehead atoms. The zero-order valence-electron chi connectivity index (χ0n) is 12.5. The zero-order chi connectivity index (χ0) is 13.2. The van der Waals surface area contributed by atoms with Crippen LogP contribution in [-0.2, 0) is 0 Å². The van der Waals surface area contributed by atoms with Crippen molar-refractivity contribution in [2.45, 2.75) is 77.9 Å². The van der Waals surface area contributed by atoms with Crippen molar-refractivity contribution >= 4 is 0 Å². The molecular formula is C16H31NO. The van der Waals surface area contributed by atoms with Crippen LogP contribution in [0.1, 0.15) is 65.7 Å². The summed E-state index contributed by atoms with van der Waals surface area (Å²) in [6.45, 7) is 9.40. The van der Waals surface area contributed by atoms with Gasteiger partial charge in [-0.1, -0.05) is 33.6 Å². The zero-order valence-corrected chi connectivity index (χ0v) is 12.5. The van der Waals surface area contributed by atoms with E-state index in [2.05, 4.69) is 25.7 Å². The summed E-state index contributed by atoms with van der Waals surface area (Å²) in [6, 6.07) is 0.440. The summed E-state index contributed by atoms with van der Waals surface area (Å²) >= 11 is 0. The number of nitrogens with zero attached hydrogens (tertiary/aromatic N) is 1. The Morgan fingerprint density at radius 1 is 1.28 bits per heavy atom. The minimum Gasteiger partial charge on any atom is -0.391 e. The van der Waals surface area contributed by atoms with Gasteiger partial charge in [0.25, 0.3) is 0 Å². The van der Waals surface area contributed by atoms with Gasteiger partial charge in [0.15, 0.2) is 0 Å². The van der Waals surface area contributed by atoms with Crippen molar-refractivity contribution in [3.8, 4) is 0 Å². The van der Waals surface area contributed by atoms with Crippen molar-refractivity contribution in [3.63, 3.8) is 0 Å². The molecule has 0 radical (unpaired) electrons.